The molecule has 2 aromatic rings. The fourth-order valence-electron chi connectivity index (χ4n) is 3.24. The highest BCUT2D eigenvalue weighted by molar-refractivity contribution is 5.93. The third-order valence-electron chi connectivity index (χ3n) is 4.67. The average Bonchev–Trinajstić information content (AvgIpc) is 3.40. The van der Waals surface area contributed by atoms with Gasteiger partial charge in [0.25, 0.3) is 0 Å². The van der Waals surface area contributed by atoms with E-state index in [0.29, 0.717) is 29.3 Å². The second kappa shape index (κ2) is 7.68. The van der Waals surface area contributed by atoms with Crippen molar-refractivity contribution in [2.24, 2.45) is 5.92 Å². The monoisotopic (exact) mass is 354 g/mol. The smallest absolute Gasteiger partial charge is 0.224 e. The third kappa shape index (κ3) is 4.69. The van der Waals surface area contributed by atoms with Crippen molar-refractivity contribution in [2.45, 2.75) is 39.0 Å². The number of rotatable bonds is 6. The van der Waals surface area contributed by atoms with E-state index in [-0.39, 0.29) is 23.5 Å². The highest BCUT2D eigenvalue weighted by Crippen LogP contribution is 2.44. The zero-order valence-electron chi connectivity index (χ0n) is 15.0. The summed E-state index contributed by atoms with van der Waals surface area (Å²) >= 11 is 0. The van der Waals surface area contributed by atoms with Crippen molar-refractivity contribution in [1.82, 2.24) is 0 Å². The fraction of sp³-hybridized carbons (Fsp3) is 0.333. The van der Waals surface area contributed by atoms with Gasteiger partial charge in [-0.3, -0.25) is 9.59 Å². The van der Waals surface area contributed by atoms with Gasteiger partial charge in [-0.25, -0.2) is 4.39 Å². The van der Waals surface area contributed by atoms with Crippen molar-refractivity contribution < 1.29 is 14.0 Å². The Bertz CT molecular complexity index is 831. The van der Waals surface area contributed by atoms with Crippen LogP contribution < -0.4 is 10.6 Å². The number of halogens is 1. The summed E-state index contributed by atoms with van der Waals surface area (Å²) in [6.07, 6.45) is 2.57. The highest BCUT2D eigenvalue weighted by atomic mass is 19.1. The number of amides is 2. The van der Waals surface area contributed by atoms with Crippen LogP contribution in [-0.2, 0) is 9.59 Å². The van der Waals surface area contributed by atoms with Gasteiger partial charge in [0, 0.05) is 24.7 Å². The van der Waals surface area contributed by atoms with Crippen LogP contribution in [-0.4, -0.2) is 11.8 Å². The second-order valence-corrected chi connectivity index (χ2v) is 6.97. The number of carbonyl (C=O) groups excluding carboxylic acids is 2. The predicted molar refractivity (Wildman–Crippen MR) is 101 cm³/mol. The molecule has 26 heavy (non-hydrogen) atoms. The van der Waals surface area contributed by atoms with Crippen molar-refractivity contribution in [3.63, 3.8) is 0 Å². The number of benzene rings is 2. The minimum atomic E-state index is -0.220. The van der Waals surface area contributed by atoms with E-state index < -0.39 is 0 Å². The molecule has 4 nitrogen and oxygen atoms in total. The Balaban J connectivity index is 1.69. The Kier molecular flexibility index (Phi) is 5.35. The first kappa shape index (κ1) is 18.1. The zero-order chi connectivity index (χ0) is 18.7. The standard InChI is InChI=1S/C21H23FN2O2/c1-13-10-16(8-9-20(13)22)19(15-6-7-15)12-21(26)24-18-5-3-4-17(11-18)23-14(2)25/h3-5,8-11,15,19H,6-7,12H2,1-2H3,(H,23,25)(H,24,26). The van der Waals surface area contributed by atoms with Gasteiger partial charge in [-0.15, -0.1) is 0 Å². The fourth-order valence-corrected chi connectivity index (χ4v) is 3.24. The summed E-state index contributed by atoms with van der Waals surface area (Å²) in [5.41, 5.74) is 2.92. The molecule has 0 aromatic heterocycles. The summed E-state index contributed by atoms with van der Waals surface area (Å²) in [5.74, 6) is 0.129. The lowest BCUT2D eigenvalue weighted by Crippen LogP contribution is -2.17. The molecule has 0 bridgehead atoms. The molecule has 1 atom stereocenters. The first-order chi connectivity index (χ1) is 12.4. The molecule has 1 saturated carbocycles. The van der Waals surface area contributed by atoms with Crippen LogP contribution in [0.25, 0.3) is 0 Å². The number of hydrogen-bond donors (Lipinski definition) is 2. The summed E-state index contributed by atoms with van der Waals surface area (Å²) in [6.45, 7) is 3.19. The first-order valence-electron chi connectivity index (χ1n) is 8.86. The first-order valence-corrected chi connectivity index (χ1v) is 8.86. The number of nitrogens with one attached hydrogen (secondary N) is 2. The molecule has 2 aromatic carbocycles. The Morgan fingerprint density at radius 1 is 1.12 bits per heavy atom. The molecule has 3 rings (SSSR count). The molecule has 0 radical (unpaired) electrons. The SMILES string of the molecule is CC(=O)Nc1cccc(NC(=O)CC(c2ccc(F)c(C)c2)C2CC2)c1. The molecule has 1 aliphatic carbocycles. The molecule has 0 saturated heterocycles. The Morgan fingerprint density at radius 2 is 1.81 bits per heavy atom. The maximum absolute atomic E-state index is 13.5. The number of carbonyl (C=O) groups is 2. The molecule has 1 fully saturated rings. The van der Waals surface area contributed by atoms with Crippen molar-refractivity contribution in [2.75, 3.05) is 10.6 Å². The summed E-state index contributed by atoms with van der Waals surface area (Å²) in [7, 11) is 0. The molecule has 2 amide bonds. The van der Waals surface area contributed by atoms with Crippen LogP contribution in [0.2, 0.25) is 0 Å². The van der Waals surface area contributed by atoms with Crippen LogP contribution in [0.15, 0.2) is 42.5 Å². The molecule has 2 N–H and O–H groups in total. The minimum Gasteiger partial charge on any atom is -0.326 e. The maximum atomic E-state index is 13.5. The van der Waals surface area contributed by atoms with Gasteiger partial charge in [-0.1, -0.05) is 18.2 Å². The van der Waals surface area contributed by atoms with Gasteiger partial charge in [0.2, 0.25) is 11.8 Å². The third-order valence-corrected chi connectivity index (χ3v) is 4.67. The summed E-state index contributed by atoms with van der Waals surface area (Å²) < 4.78 is 13.5. The molecular formula is C21H23FN2O2. The molecule has 5 heteroatoms. The summed E-state index contributed by atoms with van der Waals surface area (Å²) in [5, 5.41) is 5.60. The maximum Gasteiger partial charge on any atom is 0.224 e. The molecular weight excluding hydrogens is 331 g/mol. The summed E-state index contributed by atoms with van der Waals surface area (Å²) in [4.78, 5) is 23.7. The van der Waals surface area contributed by atoms with Crippen molar-refractivity contribution in [3.8, 4) is 0 Å². The van der Waals surface area contributed by atoms with Crippen LogP contribution in [0.5, 0.6) is 0 Å². The van der Waals surface area contributed by atoms with Crippen molar-refractivity contribution in [3.05, 3.63) is 59.4 Å². The Labute approximate surface area is 152 Å². The van der Waals surface area contributed by atoms with Crippen LogP contribution in [0.4, 0.5) is 15.8 Å². The second-order valence-electron chi connectivity index (χ2n) is 6.97. The lowest BCUT2D eigenvalue weighted by molar-refractivity contribution is -0.116. The van der Waals surface area contributed by atoms with Crippen LogP contribution in [0.3, 0.4) is 0 Å². The van der Waals surface area contributed by atoms with Gasteiger partial charge in [-0.05, 0) is 67.0 Å². The largest absolute Gasteiger partial charge is 0.326 e. The molecule has 1 aliphatic rings. The molecule has 0 heterocycles. The number of hydrogen-bond acceptors (Lipinski definition) is 2. The number of aryl methyl sites for hydroxylation is 1. The van der Waals surface area contributed by atoms with Crippen LogP contribution >= 0.6 is 0 Å². The Morgan fingerprint density at radius 3 is 2.42 bits per heavy atom. The normalized spacial score (nSPS) is 14.6. The van der Waals surface area contributed by atoms with E-state index in [0.717, 1.165) is 18.4 Å². The molecule has 1 unspecified atom stereocenters. The van der Waals surface area contributed by atoms with E-state index >= 15 is 0 Å². The van der Waals surface area contributed by atoms with E-state index in [1.165, 1.54) is 13.0 Å². The van der Waals surface area contributed by atoms with Gasteiger partial charge in [-0.2, -0.15) is 0 Å². The number of anilines is 2. The highest BCUT2D eigenvalue weighted by Gasteiger charge is 2.33. The lowest BCUT2D eigenvalue weighted by Gasteiger charge is -2.17. The van der Waals surface area contributed by atoms with Gasteiger partial charge in [0.1, 0.15) is 5.82 Å². The predicted octanol–water partition coefficient (Wildman–Crippen LogP) is 4.61. The van der Waals surface area contributed by atoms with E-state index in [9.17, 15) is 14.0 Å². The van der Waals surface area contributed by atoms with Gasteiger partial charge in [0.15, 0.2) is 0 Å². The van der Waals surface area contributed by atoms with Crippen LogP contribution in [0.1, 0.15) is 43.2 Å². The minimum absolute atomic E-state index is 0.0798. The van der Waals surface area contributed by atoms with Gasteiger partial charge >= 0.3 is 0 Å². The Hall–Kier alpha value is -2.69. The van der Waals surface area contributed by atoms with E-state index in [4.69, 9.17) is 0 Å². The topological polar surface area (TPSA) is 58.2 Å². The van der Waals surface area contributed by atoms with E-state index in [1.807, 2.05) is 6.07 Å². The van der Waals surface area contributed by atoms with Crippen molar-refractivity contribution >= 4 is 23.2 Å². The molecule has 0 aliphatic heterocycles. The van der Waals surface area contributed by atoms with Crippen molar-refractivity contribution in [1.29, 1.82) is 0 Å². The lowest BCUT2D eigenvalue weighted by atomic mass is 9.89. The zero-order valence-corrected chi connectivity index (χ0v) is 15.0. The quantitative estimate of drug-likeness (QED) is 0.795. The van der Waals surface area contributed by atoms with Crippen LogP contribution in [0, 0.1) is 18.7 Å². The van der Waals surface area contributed by atoms with Gasteiger partial charge < -0.3 is 10.6 Å². The van der Waals surface area contributed by atoms with E-state index in [1.54, 1.807) is 37.3 Å². The summed E-state index contributed by atoms with van der Waals surface area (Å²) in [6, 6.07) is 12.2. The van der Waals surface area contributed by atoms with E-state index in [2.05, 4.69) is 10.6 Å². The molecule has 0 spiro atoms. The van der Waals surface area contributed by atoms with Gasteiger partial charge in [0.05, 0.1) is 0 Å². The average molecular weight is 354 g/mol. The molecule has 136 valence electrons.